The third-order valence-corrected chi connectivity index (χ3v) is 10.9. The Morgan fingerprint density at radius 1 is 0.435 bits per heavy atom. The van der Waals surface area contributed by atoms with Gasteiger partial charge in [0.25, 0.3) is 0 Å². The fourth-order valence-corrected chi connectivity index (χ4v) is 7.74. The van der Waals surface area contributed by atoms with Gasteiger partial charge in [0.15, 0.2) is 0 Å². The van der Waals surface area contributed by atoms with Gasteiger partial charge in [0, 0.05) is 57.5 Å². The Morgan fingerprint density at radius 2 is 0.806 bits per heavy atom. The molecule has 0 amide bonds. The molecule has 0 bridgehead atoms. The summed E-state index contributed by atoms with van der Waals surface area (Å²) in [5.74, 6) is -0.754. The van der Waals surface area contributed by atoms with Gasteiger partial charge in [-0.15, -0.1) is 0 Å². The van der Waals surface area contributed by atoms with E-state index in [9.17, 15) is 9.59 Å². The summed E-state index contributed by atoms with van der Waals surface area (Å²) < 4.78 is 10.9. The minimum Gasteiger partial charge on any atom is -0.462 e. The van der Waals surface area contributed by atoms with Crippen LogP contribution in [0, 0.1) is 0 Å². The van der Waals surface area contributed by atoms with Crippen molar-refractivity contribution in [2.24, 2.45) is 0 Å². The van der Waals surface area contributed by atoms with E-state index in [1.807, 2.05) is 0 Å². The fraction of sp³-hybridized carbons (Fsp3) is 0.107. The quantitative estimate of drug-likeness (QED) is 0.0759. The van der Waals surface area contributed by atoms with Crippen LogP contribution in [-0.2, 0) is 31.9 Å². The zero-order valence-electron chi connectivity index (χ0n) is 35.1. The van der Waals surface area contributed by atoms with E-state index >= 15 is 0 Å². The van der Waals surface area contributed by atoms with Crippen molar-refractivity contribution < 1.29 is 19.1 Å². The van der Waals surface area contributed by atoms with Crippen LogP contribution in [0.2, 0.25) is 0 Å². The van der Waals surface area contributed by atoms with Gasteiger partial charge in [-0.25, -0.2) is 9.59 Å². The molecule has 6 heteroatoms. The standard InChI is InChI=1S/C56H48N2O4/c1-39(2)55(59)61-35-33-41-13-9-19-49(37-41)57(53-23-11-17-45-15-5-7-21-51(45)53)47-29-25-43(26-30-47)44-27-31-48(32-28-44)58(54-24-12-18-46-16-6-8-22-52(46)54)50-20-10-14-42(38-50)34-36-62-56(60)40(3)4/h5-32,37-38H,1,3,33-36H2,2,4H3. The Labute approximate surface area is 363 Å². The van der Waals surface area contributed by atoms with E-state index in [1.54, 1.807) is 13.8 Å². The lowest BCUT2D eigenvalue weighted by atomic mass is 10.0. The molecular formula is C56H48N2O4. The molecule has 0 aliphatic carbocycles. The summed E-state index contributed by atoms with van der Waals surface area (Å²) in [4.78, 5) is 28.7. The highest BCUT2D eigenvalue weighted by Gasteiger charge is 2.19. The molecule has 0 fully saturated rings. The molecule has 6 nitrogen and oxygen atoms in total. The second-order valence-corrected chi connectivity index (χ2v) is 15.4. The topological polar surface area (TPSA) is 59.1 Å². The second kappa shape index (κ2) is 18.7. The number of rotatable bonds is 15. The number of fused-ring (bicyclic) bond motifs is 2. The number of carbonyl (C=O) groups excluding carboxylic acids is 2. The van der Waals surface area contributed by atoms with Gasteiger partial charge < -0.3 is 19.3 Å². The van der Waals surface area contributed by atoms with Crippen LogP contribution in [0.25, 0.3) is 32.7 Å². The summed E-state index contributed by atoms with van der Waals surface area (Å²) >= 11 is 0. The summed E-state index contributed by atoms with van der Waals surface area (Å²) in [6.45, 7) is 11.3. The van der Waals surface area contributed by atoms with Crippen LogP contribution in [-0.4, -0.2) is 25.2 Å². The average molecular weight is 813 g/mol. The Kier molecular flexibility index (Phi) is 12.4. The minimum atomic E-state index is -0.377. The molecule has 8 aromatic carbocycles. The molecule has 0 radical (unpaired) electrons. The van der Waals surface area contributed by atoms with E-state index in [-0.39, 0.29) is 25.2 Å². The maximum absolute atomic E-state index is 12.1. The van der Waals surface area contributed by atoms with Crippen molar-refractivity contribution in [2.75, 3.05) is 23.0 Å². The Balaban J connectivity index is 1.11. The van der Waals surface area contributed by atoms with Gasteiger partial charge in [-0.05, 0) is 108 Å². The molecule has 0 unspecified atom stereocenters. The number of hydrogen-bond acceptors (Lipinski definition) is 6. The molecule has 306 valence electrons. The first-order valence-corrected chi connectivity index (χ1v) is 20.8. The van der Waals surface area contributed by atoms with Crippen molar-refractivity contribution in [3.63, 3.8) is 0 Å². The summed E-state index contributed by atoms with van der Waals surface area (Å²) in [6, 6.07) is 63.9. The maximum Gasteiger partial charge on any atom is 0.333 e. The van der Waals surface area contributed by atoms with Gasteiger partial charge in [0.1, 0.15) is 0 Å². The molecule has 8 rings (SSSR count). The number of nitrogens with zero attached hydrogens (tertiary/aromatic N) is 2. The van der Waals surface area contributed by atoms with E-state index in [0.717, 1.165) is 77.9 Å². The molecule has 0 aliphatic heterocycles. The van der Waals surface area contributed by atoms with E-state index in [1.165, 1.54) is 0 Å². The van der Waals surface area contributed by atoms with Crippen molar-refractivity contribution in [3.05, 3.63) is 217 Å². The lowest BCUT2D eigenvalue weighted by Gasteiger charge is -2.28. The van der Waals surface area contributed by atoms with Crippen molar-refractivity contribution >= 4 is 67.6 Å². The average Bonchev–Trinajstić information content (AvgIpc) is 3.30. The van der Waals surface area contributed by atoms with Crippen LogP contribution in [0.1, 0.15) is 25.0 Å². The zero-order valence-corrected chi connectivity index (χ0v) is 35.1. The Hall–Kier alpha value is -7.70. The number of anilines is 6. The predicted octanol–water partition coefficient (Wildman–Crippen LogP) is 13.9. The van der Waals surface area contributed by atoms with Crippen LogP contribution < -0.4 is 9.80 Å². The summed E-state index contributed by atoms with van der Waals surface area (Å²) in [6.07, 6.45) is 1.17. The third kappa shape index (κ3) is 9.20. The molecule has 0 N–H and O–H groups in total. The van der Waals surface area contributed by atoms with Crippen LogP contribution in [0.15, 0.2) is 206 Å². The van der Waals surface area contributed by atoms with Gasteiger partial charge >= 0.3 is 11.9 Å². The highest BCUT2D eigenvalue weighted by atomic mass is 16.5. The smallest absolute Gasteiger partial charge is 0.333 e. The summed E-state index contributed by atoms with van der Waals surface area (Å²) in [5, 5.41) is 4.59. The van der Waals surface area contributed by atoms with E-state index < -0.39 is 0 Å². The van der Waals surface area contributed by atoms with Crippen LogP contribution in [0.4, 0.5) is 34.1 Å². The molecule has 0 saturated carbocycles. The van der Waals surface area contributed by atoms with Gasteiger partial charge in [-0.3, -0.25) is 0 Å². The first-order chi connectivity index (χ1) is 30.2. The second-order valence-electron chi connectivity index (χ2n) is 15.4. The maximum atomic E-state index is 12.1. The molecule has 0 saturated heterocycles. The summed E-state index contributed by atoms with van der Waals surface area (Å²) in [7, 11) is 0. The van der Waals surface area contributed by atoms with Gasteiger partial charge in [-0.1, -0.05) is 134 Å². The molecular weight excluding hydrogens is 765 g/mol. The van der Waals surface area contributed by atoms with E-state index in [2.05, 4.69) is 205 Å². The SMILES string of the molecule is C=C(C)C(=O)OCCc1cccc(N(c2ccc(-c3ccc(N(c4cccc(CCOC(=O)C(=C)C)c4)c4cccc5ccccc45)cc3)cc2)c2cccc3ccccc23)c1. The number of carbonyl (C=O) groups is 2. The highest BCUT2D eigenvalue weighted by molar-refractivity contribution is 6.00. The van der Waals surface area contributed by atoms with E-state index in [0.29, 0.717) is 24.0 Å². The molecule has 62 heavy (non-hydrogen) atoms. The fourth-order valence-electron chi connectivity index (χ4n) is 7.74. The first kappa shape index (κ1) is 41.1. The third-order valence-electron chi connectivity index (χ3n) is 10.9. The number of ether oxygens (including phenoxy) is 2. The normalized spacial score (nSPS) is 10.9. The lowest BCUT2D eigenvalue weighted by molar-refractivity contribution is -0.139. The first-order valence-electron chi connectivity index (χ1n) is 20.8. The molecule has 8 aromatic rings. The number of esters is 2. The predicted molar refractivity (Wildman–Crippen MR) is 255 cm³/mol. The number of benzene rings is 8. The molecule has 0 aromatic heterocycles. The molecule has 0 heterocycles. The van der Waals surface area contributed by atoms with Crippen molar-refractivity contribution in [1.29, 1.82) is 0 Å². The number of hydrogen-bond donors (Lipinski definition) is 0. The largest absolute Gasteiger partial charge is 0.462 e. The van der Waals surface area contributed by atoms with Crippen molar-refractivity contribution in [3.8, 4) is 11.1 Å². The minimum absolute atomic E-state index is 0.276. The molecule has 0 spiro atoms. The van der Waals surface area contributed by atoms with Crippen LogP contribution >= 0.6 is 0 Å². The molecule has 0 aliphatic rings. The van der Waals surface area contributed by atoms with Gasteiger partial charge in [0.05, 0.1) is 24.6 Å². The summed E-state index contributed by atoms with van der Waals surface area (Å²) in [5.41, 5.74) is 11.3. The Morgan fingerprint density at radius 3 is 1.21 bits per heavy atom. The zero-order chi connectivity index (χ0) is 43.0. The van der Waals surface area contributed by atoms with Gasteiger partial charge in [-0.2, -0.15) is 0 Å². The monoisotopic (exact) mass is 812 g/mol. The van der Waals surface area contributed by atoms with Crippen molar-refractivity contribution in [2.45, 2.75) is 26.7 Å². The van der Waals surface area contributed by atoms with Crippen LogP contribution in [0.5, 0.6) is 0 Å². The van der Waals surface area contributed by atoms with Crippen LogP contribution in [0.3, 0.4) is 0 Å². The van der Waals surface area contributed by atoms with Gasteiger partial charge in [0.2, 0.25) is 0 Å². The Bertz CT molecular complexity index is 2700. The molecule has 0 atom stereocenters. The highest BCUT2D eigenvalue weighted by Crippen LogP contribution is 2.42. The van der Waals surface area contributed by atoms with Crippen molar-refractivity contribution in [1.82, 2.24) is 0 Å². The lowest BCUT2D eigenvalue weighted by Crippen LogP contribution is -2.12. The van der Waals surface area contributed by atoms with E-state index in [4.69, 9.17) is 9.47 Å².